The fourth-order valence-electron chi connectivity index (χ4n) is 3.42. The number of rotatable bonds is 4. The van der Waals surface area contributed by atoms with Crippen LogP contribution >= 0.6 is 11.3 Å². The average Bonchev–Trinajstić information content (AvgIpc) is 3.07. The van der Waals surface area contributed by atoms with E-state index in [-0.39, 0.29) is 28.3 Å². The summed E-state index contributed by atoms with van der Waals surface area (Å²) in [5.74, 6) is -0.233. The number of esters is 1. The zero-order valence-electron chi connectivity index (χ0n) is 19.1. The van der Waals surface area contributed by atoms with E-state index in [0.29, 0.717) is 6.42 Å². The van der Waals surface area contributed by atoms with Crippen LogP contribution in [0.1, 0.15) is 64.5 Å². The summed E-state index contributed by atoms with van der Waals surface area (Å²) in [6, 6.07) is 2.05. The lowest BCUT2D eigenvalue weighted by Crippen LogP contribution is -2.52. The Hall–Kier alpha value is -0.476. The smallest absolute Gasteiger partial charge is 0.342 e. The van der Waals surface area contributed by atoms with Gasteiger partial charge in [0.05, 0.1) is 0 Å². The van der Waals surface area contributed by atoms with Crippen molar-refractivity contribution in [3.8, 4) is 0 Å². The Balaban J connectivity index is 2.02. The van der Waals surface area contributed by atoms with Crippen molar-refractivity contribution < 1.29 is 18.4 Å². The zero-order valence-corrected chi connectivity index (χ0v) is 21.9. The third-order valence-electron chi connectivity index (χ3n) is 7.27. The highest BCUT2D eigenvalue weighted by Gasteiger charge is 2.63. The van der Waals surface area contributed by atoms with Crippen molar-refractivity contribution in [1.29, 1.82) is 0 Å². The minimum absolute atomic E-state index is 0.0186. The molecular formula is C21H36O4SSi2. The molecule has 158 valence electrons. The van der Waals surface area contributed by atoms with Gasteiger partial charge in [0.1, 0.15) is 12.2 Å². The summed E-state index contributed by atoms with van der Waals surface area (Å²) >= 11 is 1.67. The van der Waals surface area contributed by atoms with Gasteiger partial charge < -0.3 is 13.6 Å². The van der Waals surface area contributed by atoms with Crippen LogP contribution in [0.4, 0.5) is 0 Å². The summed E-state index contributed by atoms with van der Waals surface area (Å²) < 4.78 is 19.5. The molecule has 2 heterocycles. The van der Waals surface area contributed by atoms with E-state index in [1.807, 2.05) is 0 Å². The van der Waals surface area contributed by atoms with Crippen molar-refractivity contribution >= 4 is 33.9 Å². The van der Waals surface area contributed by atoms with Crippen molar-refractivity contribution in [3.63, 3.8) is 0 Å². The van der Waals surface area contributed by atoms with E-state index < -0.39 is 22.2 Å². The molecule has 0 radical (unpaired) electrons. The van der Waals surface area contributed by atoms with Gasteiger partial charge in [0.15, 0.2) is 22.2 Å². The van der Waals surface area contributed by atoms with Crippen molar-refractivity contribution in [3.05, 3.63) is 21.9 Å². The van der Waals surface area contributed by atoms with Crippen LogP contribution in [0.3, 0.4) is 0 Å². The van der Waals surface area contributed by atoms with Gasteiger partial charge in [-0.3, -0.25) is 0 Å². The summed E-state index contributed by atoms with van der Waals surface area (Å²) in [6.07, 6.45) is 0.109. The lowest BCUT2D eigenvalue weighted by molar-refractivity contribution is -0.155. The van der Waals surface area contributed by atoms with Crippen molar-refractivity contribution in [2.45, 2.75) is 102 Å². The molecule has 7 heteroatoms. The fraction of sp³-hybridized carbons (Fsp3) is 0.762. The summed E-state index contributed by atoms with van der Waals surface area (Å²) in [7, 11) is -4.18. The normalized spacial score (nSPS) is 28.3. The van der Waals surface area contributed by atoms with Crippen LogP contribution in [0.25, 0.3) is 0 Å². The Bertz CT molecular complexity index is 772. The van der Waals surface area contributed by atoms with Crippen LogP contribution in [-0.2, 0) is 24.0 Å². The molecule has 0 amide bonds. The summed E-state index contributed by atoms with van der Waals surface area (Å²) in [5.41, 5.74) is 0.0146. The first kappa shape index (κ1) is 22.2. The predicted octanol–water partition coefficient (Wildman–Crippen LogP) is 6.36. The molecule has 1 saturated heterocycles. The number of fused-ring (bicyclic) bond motifs is 4. The number of carbonyl (C=O) groups is 1. The van der Waals surface area contributed by atoms with Crippen LogP contribution in [0, 0.1) is 0 Å². The van der Waals surface area contributed by atoms with E-state index in [9.17, 15) is 4.79 Å². The van der Waals surface area contributed by atoms with Gasteiger partial charge in [-0.25, -0.2) is 4.79 Å². The summed E-state index contributed by atoms with van der Waals surface area (Å²) in [5, 5.41) is 2.18. The minimum Gasteiger partial charge on any atom is -0.457 e. The van der Waals surface area contributed by atoms with E-state index >= 15 is 0 Å². The first-order chi connectivity index (χ1) is 12.5. The first-order valence-corrected chi connectivity index (χ1v) is 16.9. The van der Waals surface area contributed by atoms with Crippen LogP contribution in [0.15, 0.2) is 11.4 Å². The van der Waals surface area contributed by atoms with Crippen molar-refractivity contribution in [1.82, 2.24) is 0 Å². The molecule has 0 spiro atoms. The Labute approximate surface area is 176 Å². The molecule has 1 fully saturated rings. The van der Waals surface area contributed by atoms with Gasteiger partial charge in [-0.2, -0.15) is 0 Å². The average molecular weight is 441 g/mol. The van der Waals surface area contributed by atoms with Gasteiger partial charge >= 0.3 is 5.97 Å². The molecule has 0 aromatic carbocycles. The molecule has 2 aliphatic rings. The van der Waals surface area contributed by atoms with Crippen LogP contribution in [0.5, 0.6) is 0 Å². The molecule has 0 N–H and O–H groups in total. The van der Waals surface area contributed by atoms with E-state index in [1.165, 1.54) is 0 Å². The second-order valence-electron chi connectivity index (χ2n) is 11.3. The molecule has 2 bridgehead atoms. The van der Waals surface area contributed by atoms with Crippen LogP contribution in [-0.4, -0.2) is 28.7 Å². The third-order valence-corrected chi connectivity index (χ3v) is 17.2. The molecule has 0 unspecified atom stereocenters. The first-order valence-electron chi connectivity index (χ1n) is 10.2. The van der Waals surface area contributed by atoms with Gasteiger partial charge in [0.25, 0.3) is 0 Å². The number of carbonyl (C=O) groups excluding carboxylic acids is 1. The molecule has 3 atom stereocenters. The standard InChI is InChI=1S/C21H36O4SSi2/c1-19(2,3)27(7,8)24-16-15-13-21(18(22)23-15,14-11-12-26-17(14)16)25-28(9,10)20(4,5)6/h11-12,15-16H,13H2,1-10H3/t15-,16+,21-/m1/s1. The van der Waals surface area contributed by atoms with E-state index in [4.69, 9.17) is 13.6 Å². The van der Waals surface area contributed by atoms with Crippen LogP contribution < -0.4 is 0 Å². The van der Waals surface area contributed by atoms with E-state index in [2.05, 4.69) is 79.2 Å². The molecule has 0 saturated carbocycles. The lowest BCUT2D eigenvalue weighted by Gasteiger charge is -2.45. The van der Waals surface area contributed by atoms with Crippen LogP contribution in [0.2, 0.25) is 36.3 Å². The molecule has 28 heavy (non-hydrogen) atoms. The SMILES string of the molecule is CC(C)(C)[Si](C)(C)O[C@@H]1c2sccc2[C@]2(O[Si](C)(C)C(C)(C)C)C[C@H]1OC2=O. The quantitative estimate of drug-likeness (QED) is 0.404. The molecule has 1 aromatic heterocycles. The molecule has 1 aromatic rings. The maximum atomic E-state index is 13.2. The van der Waals surface area contributed by atoms with Gasteiger partial charge in [-0.1, -0.05) is 41.5 Å². The number of thiophene rings is 1. The lowest BCUT2D eigenvalue weighted by atomic mass is 9.83. The fourth-order valence-corrected chi connectivity index (χ4v) is 7.27. The third kappa shape index (κ3) is 3.37. The van der Waals surface area contributed by atoms with E-state index in [0.717, 1.165) is 10.4 Å². The summed E-state index contributed by atoms with van der Waals surface area (Å²) in [4.78, 5) is 14.3. The molecule has 1 aliphatic heterocycles. The molecular weight excluding hydrogens is 404 g/mol. The van der Waals surface area contributed by atoms with Gasteiger partial charge in [0, 0.05) is 16.9 Å². The Kier molecular flexibility index (Phi) is 5.16. The highest BCUT2D eigenvalue weighted by Crippen LogP contribution is 2.57. The van der Waals surface area contributed by atoms with Crippen molar-refractivity contribution in [2.24, 2.45) is 0 Å². The summed E-state index contributed by atoms with van der Waals surface area (Å²) in [6.45, 7) is 22.2. The highest BCUT2D eigenvalue weighted by atomic mass is 32.1. The second kappa shape index (κ2) is 6.51. The van der Waals surface area contributed by atoms with Gasteiger partial charge in [-0.15, -0.1) is 11.3 Å². The number of hydrogen-bond acceptors (Lipinski definition) is 5. The Morgan fingerprint density at radius 1 is 1.07 bits per heavy atom. The number of ether oxygens (including phenoxy) is 1. The second-order valence-corrected chi connectivity index (χ2v) is 21.8. The monoisotopic (exact) mass is 440 g/mol. The maximum Gasteiger partial charge on any atom is 0.342 e. The van der Waals surface area contributed by atoms with E-state index in [1.54, 1.807) is 11.3 Å². The Morgan fingerprint density at radius 2 is 1.64 bits per heavy atom. The zero-order chi connectivity index (χ0) is 21.3. The molecule has 3 rings (SSSR count). The largest absolute Gasteiger partial charge is 0.457 e. The topological polar surface area (TPSA) is 44.8 Å². The predicted molar refractivity (Wildman–Crippen MR) is 120 cm³/mol. The van der Waals surface area contributed by atoms with Gasteiger partial charge in [-0.05, 0) is 47.7 Å². The molecule has 1 aliphatic carbocycles. The van der Waals surface area contributed by atoms with Gasteiger partial charge in [0.2, 0.25) is 0 Å². The van der Waals surface area contributed by atoms with Crippen molar-refractivity contribution in [2.75, 3.05) is 0 Å². The maximum absolute atomic E-state index is 13.2. The molecule has 4 nitrogen and oxygen atoms in total. The Morgan fingerprint density at radius 3 is 2.18 bits per heavy atom. The number of hydrogen-bond donors (Lipinski definition) is 0. The minimum atomic E-state index is -2.17. The highest BCUT2D eigenvalue weighted by molar-refractivity contribution is 7.10.